The fourth-order valence-corrected chi connectivity index (χ4v) is 3.61. The number of carbonyl (C=O) groups excluding carboxylic acids is 1. The average Bonchev–Trinajstić information content (AvgIpc) is 2.74. The third-order valence-corrected chi connectivity index (χ3v) is 4.88. The summed E-state index contributed by atoms with van der Waals surface area (Å²) in [6.07, 6.45) is 7.62. The lowest BCUT2D eigenvalue weighted by Gasteiger charge is -2.25. The van der Waals surface area contributed by atoms with Crippen molar-refractivity contribution in [3.63, 3.8) is 0 Å². The second kappa shape index (κ2) is 6.79. The Kier molecular flexibility index (Phi) is 4.76. The molecule has 0 aromatic heterocycles. The maximum atomic E-state index is 13.5. The normalized spacial score (nSPS) is 21.9. The lowest BCUT2D eigenvalue weighted by molar-refractivity contribution is -0.131. The lowest BCUT2D eigenvalue weighted by Crippen LogP contribution is -2.38. The zero-order chi connectivity index (χ0) is 16.4. The van der Waals surface area contributed by atoms with E-state index < -0.39 is 11.6 Å². The summed E-state index contributed by atoms with van der Waals surface area (Å²) in [7, 11) is 0. The van der Waals surface area contributed by atoms with Gasteiger partial charge in [0.15, 0.2) is 11.6 Å². The summed E-state index contributed by atoms with van der Waals surface area (Å²) in [5.74, 6) is -1.68. The van der Waals surface area contributed by atoms with Crippen LogP contribution in [-0.2, 0) is 11.2 Å². The number of rotatable bonds is 3. The van der Waals surface area contributed by atoms with Crippen molar-refractivity contribution in [2.24, 2.45) is 5.73 Å². The molecule has 0 saturated heterocycles. The van der Waals surface area contributed by atoms with Crippen LogP contribution in [0.4, 0.5) is 8.78 Å². The fraction of sp³-hybridized carbons (Fsp3) is 0.500. The van der Waals surface area contributed by atoms with Gasteiger partial charge in [-0.25, -0.2) is 8.78 Å². The number of fused-ring (bicyclic) bond motifs is 1. The van der Waals surface area contributed by atoms with Gasteiger partial charge in [-0.05, 0) is 48.9 Å². The molecule has 2 aliphatic rings. The molecular weight excluding hydrogens is 298 g/mol. The highest BCUT2D eigenvalue weighted by Gasteiger charge is 2.31. The molecule has 5 heteroatoms. The third-order valence-electron chi connectivity index (χ3n) is 4.88. The molecule has 0 fully saturated rings. The molecule has 0 radical (unpaired) electrons. The Morgan fingerprint density at radius 2 is 1.87 bits per heavy atom. The average molecular weight is 320 g/mol. The summed E-state index contributed by atoms with van der Waals surface area (Å²) in [4.78, 5) is 14.3. The fourth-order valence-electron chi connectivity index (χ4n) is 3.61. The van der Waals surface area contributed by atoms with Crippen molar-refractivity contribution < 1.29 is 13.6 Å². The maximum Gasteiger partial charge on any atom is 0.224 e. The number of amides is 1. The summed E-state index contributed by atoms with van der Waals surface area (Å²) in [5, 5.41) is 0. The number of benzene rings is 1. The molecule has 124 valence electrons. The van der Waals surface area contributed by atoms with Crippen LogP contribution in [0.5, 0.6) is 0 Å². The minimum atomic E-state index is -0.840. The molecule has 2 atom stereocenters. The predicted octanol–water partition coefficient (Wildman–Crippen LogP) is 2.89. The highest BCUT2D eigenvalue weighted by atomic mass is 19.2. The second-order valence-electron chi connectivity index (χ2n) is 6.41. The minimum absolute atomic E-state index is 0.0530. The number of nitrogens with zero attached hydrogens (tertiary/aromatic N) is 1. The van der Waals surface area contributed by atoms with E-state index in [9.17, 15) is 13.6 Å². The van der Waals surface area contributed by atoms with Gasteiger partial charge in [0.2, 0.25) is 5.91 Å². The van der Waals surface area contributed by atoms with Crippen molar-refractivity contribution in [2.45, 2.75) is 44.1 Å². The quantitative estimate of drug-likeness (QED) is 0.871. The molecule has 3 rings (SSSR count). The molecule has 1 amide bonds. The summed E-state index contributed by atoms with van der Waals surface area (Å²) < 4.78 is 26.8. The van der Waals surface area contributed by atoms with Crippen molar-refractivity contribution in [3.05, 3.63) is 47.0 Å². The number of aryl methyl sites for hydroxylation is 1. The molecule has 0 bridgehead atoms. The molecule has 1 aromatic carbocycles. The van der Waals surface area contributed by atoms with E-state index in [4.69, 9.17) is 5.73 Å². The number of halogens is 2. The van der Waals surface area contributed by atoms with E-state index in [0.717, 1.165) is 43.5 Å². The van der Waals surface area contributed by atoms with Gasteiger partial charge in [0.1, 0.15) is 0 Å². The van der Waals surface area contributed by atoms with Crippen molar-refractivity contribution in [1.29, 1.82) is 0 Å². The van der Waals surface area contributed by atoms with E-state index in [1.165, 1.54) is 12.1 Å². The van der Waals surface area contributed by atoms with Crippen LogP contribution in [-0.4, -0.2) is 29.9 Å². The Balaban J connectivity index is 1.67. The zero-order valence-corrected chi connectivity index (χ0v) is 13.1. The Morgan fingerprint density at radius 3 is 2.57 bits per heavy atom. The van der Waals surface area contributed by atoms with E-state index in [1.54, 1.807) is 0 Å². The van der Waals surface area contributed by atoms with E-state index in [1.807, 2.05) is 4.90 Å². The number of carbonyl (C=O) groups is 1. The van der Waals surface area contributed by atoms with E-state index in [2.05, 4.69) is 12.2 Å². The summed E-state index contributed by atoms with van der Waals surface area (Å²) in [5.41, 5.74) is 7.83. The van der Waals surface area contributed by atoms with Gasteiger partial charge >= 0.3 is 0 Å². The lowest BCUT2D eigenvalue weighted by atomic mass is 9.91. The first-order valence-corrected chi connectivity index (χ1v) is 8.22. The van der Waals surface area contributed by atoms with Crippen molar-refractivity contribution in [3.8, 4) is 0 Å². The van der Waals surface area contributed by atoms with Crippen LogP contribution in [0.25, 0.3) is 0 Å². The van der Waals surface area contributed by atoms with Gasteiger partial charge in [0, 0.05) is 31.5 Å². The molecule has 0 unspecified atom stereocenters. The maximum absolute atomic E-state index is 13.5. The molecule has 2 N–H and O–H groups in total. The number of hydrogen-bond donors (Lipinski definition) is 1. The molecule has 0 spiro atoms. The van der Waals surface area contributed by atoms with Gasteiger partial charge in [-0.3, -0.25) is 4.79 Å². The first-order valence-electron chi connectivity index (χ1n) is 8.22. The molecule has 0 saturated carbocycles. The predicted molar refractivity (Wildman–Crippen MR) is 85.0 cm³/mol. The third kappa shape index (κ3) is 3.44. The first-order chi connectivity index (χ1) is 11.1. The number of nitrogens with two attached hydrogens (primary N) is 1. The van der Waals surface area contributed by atoms with Crippen LogP contribution >= 0.6 is 0 Å². The van der Waals surface area contributed by atoms with Crippen LogP contribution < -0.4 is 5.73 Å². The first kappa shape index (κ1) is 16.1. The molecular formula is C18H22F2N2O. The molecule has 1 heterocycles. The Bertz CT molecular complexity index is 620. The monoisotopic (exact) mass is 320 g/mol. The van der Waals surface area contributed by atoms with Crippen molar-refractivity contribution in [2.75, 3.05) is 13.1 Å². The highest BCUT2D eigenvalue weighted by Crippen LogP contribution is 2.37. The van der Waals surface area contributed by atoms with E-state index in [-0.39, 0.29) is 24.3 Å². The molecule has 1 aliphatic carbocycles. The minimum Gasteiger partial charge on any atom is -0.342 e. The zero-order valence-electron chi connectivity index (χ0n) is 13.1. The van der Waals surface area contributed by atoms with Gasteiger partial charge in [0.25, 0.3) is 0 Å². The molecule has 1 aliphatic heterocycles. The van der Waals surface area contributed by atoms with Crippen molar-refractivity contribution in [1.82, 2.24) is 4.90 Å². The molecule has 23 heavy (non-hydrogen) atoms. The van der Waals surface area contributed by atoms with Crippen LogP contribution in [0.2, 0.25) is 0 Å². The van der Waals surface area contributed by atoms with Gasteiger partial charge in [-0.15, -0.1) is 0 Å². The topological polar surface area (TPSA) is 46.3 Å². The van der Waals surface area contributed by atoms with Crippen LogP contribution in [0.15, 0.2) is 24.3 Å². The van der Waals surface area contributed by atoms with Gasteiger partial charge < -0.3 is 10.6 Å². The second-order valence-corrected chi connectivity index (χ2v) is 6.41. The van der Waals surface area contributed by atoms with Crippen LogP contribution in [0.1, 0.15) is 42.7 Å². The Labute approximate surface area is 135 Å². The van der Waals surface area contributed by atoms with Gasteiger partial charge in [-0.1, -0.05) is 12.2 Å². The smallest absolute Gasteiger partial charge is 0.224 e. The van der Waals surface area contributed by atoms with Crippen LogP contribution in [0.3, 0.4) is 0 Å². The standard InChI is InChI=1S/C18H22F2N2O/c19-15-9-12-5-6-13(14(12)10-16(15)20)17(21)11-18(23)22-7-3-1-2-4-8-22/h1-2,9-10,13,17H,3-8,11,21H2/t13-,17-/m0/s1. The number of hydrogen-bond acceptors (Lipinski definition) is 2. The van der Waals surface area contributed by atoms with Gasteiger partial charge in [0.05, 0.1) is 0 Å². The van der Waals surface area contributed by atoms with E-state index in [0.29, 0.717) is 6.42 Å². The van der Waals surface area contributed by atoms with Crippen molar-refractivity contribution >= 4 is 5.91 Å². The van der Waals surface area contributed by atoms with E-state index >= 15 is 0 Å². The Hall–Kier alpha value is -1.75. The SMILES string of the molecule is N[C@@H](CC(=O)N1CCC=CCC1)[C@H]1CCc2cc(F)c(F)cc21. The van der Waals surface area contributed by atoms with Gasteiger partial charge in [-0.2, -0.15) is 0 Å². The summed E-state index contributed by atoms with van der Waals surface area (Å²) in [6, 6.07) is 2.16. The van der Waals surface area contributed by atoms with Crippen LogP contribution in [0, 0.1) is 11.6 Å². The summed E-state index contributed by atoms with van der Waals surface area (Å²) >= 11 is 0. The largest absolute Gasteiger partial charge is 0.342 e. The molecule has 1 aromatic rings. The highest BCUT2D eigenvalue weighted by molar-refractivity contribution is 5.77. The Morgan fingerprint density at radius 1 is 1.22 bits per heavy atom. The summed E-state index contributed by atoms with van der Waals surface area (Å²) in [6.45, 7) is 1.45. The molecule has 3 nitrogen and oxygen atoms in total.